The first-order valence-electron chi connectivity index (χ1n) is 6.66. The molecule has 3 aromatic heterocycles. The zero-order valence-electron chi connectivity index (χ0n) is 11.3. The first kappa shape index (κ1) is 13.1. The van der Waals surface area contributed by atoms with Crippen molar-refractivity contribution in [1.82, 2.24) is 25.3 Å². The molecule has 5 nitrogen and oxygen atoms in total. The number of H-pyrrole nitrogens is 1. The Bertz CT molecular complexity index is 653. The van der Waals surface area contributed by atoms with E-state index in [2.05, 4.69) is 45.0 Å². The molecule has 0 saturated carbocycles. The molecule has 0 atom stereocenters. The van der Waals surface area contributed by atoms with Crippen LogP contribution in [0.4, 0.5) is 0 Å². The van der Waals surface area contributed by atoms with Crippen LogP contribution in [0.3, 0.4) is 0 Å². The van der Waals surface area contributed by atoms with Gasteiger partial charge in [0.05, 0.1) is 10.6 Å². The highest BCUT2D eigenvalue weighted by Crippen LogP contribution is 2.22. The van der Waals surface area contributed by atoms with Gasteiger partial charge in [0.25, 0.3) is 0 Å². The van der Waals surface area contributed by atoms with Crippen molar-refractivity contribution in [3.05, 3.63) is 47.2 Å². The molecule has 0 aliphatic rings. The van der Waals surface area contributed by atoms with Crippen LogP contribution >= 0.6 is 11.3 Å². The lowest BCUT2D eigenvalue weighted by Gasteiger charge is -2.05. The third-order valence-electron chi connectivity index (χ3n) is 3.13. The fraction of sp³-hybridized carbons (Fsp3) is 0.286. The summed E-state index contributed by atoms with van der Waals surface area (Å²) in [7, 11) is 0. The Morgan fingerprint density at radius 1 is 1.35 bits per heavy atom. The minimum Gasteiger partial charge on any atom is -0.306 e. The van der Waals surface area contributed by atoms with Gasteiger partial charge in [-0.15, -0.1) is 11.3 Å². The molecular weight excluding hydrogens is 270 g/mol. The fourth-order valence-corrected chi connectivity index (χ4v) is 2.81. The second-order valence-corrected chi connectivity index (χ2v) is 5.45. The van der Waals surface area contributed by atoms with E-state index in [0.29, 0.717) is 0 Å². The molecule has 0 aliphatic heterocycles. The van der Waals surface area contributed by atoms with Crippen LogP contribution < -0.4 is 5.32 Å². The Balaban J connectivity index is 1.57. The molecule has 0 amide bonds. The van der Waals surface area contributed by atoms with Crippen LogP contribution in [-0.4, -0.2) is 20.0 Å². The van der Waals surface area contributed by atoms with Crippen LogP contribution in [0.2, 0.25) is 0 Å². The summed E-state index contributed by atoms with van der Waals surface area (Å²) in [5, 5.41) is 17.1. The number of aromatic nitrogens is 4. The third kappa shape index (κ3) is 2.81. The van der Waals surface area contributed by atoms with E-state index in [1.165, 1.54) is 10.6 Å². The molecule has 3 rings (SSSR count). The lowest BCUT2D eigenvalue weighted by atomic mass is 10.3. The second kappa shape index (κ2) is 6.02. The molecule has 104 valence electrons. The molecule has 0 spiro atoms. The summed E-state index contributed by atoms with van der Waals surface area (Å²) < 4.78 is 2.00. The van der Waals surface area contributed by atoms with Crippen molar-refractivity contribution in [2.45, 2.75) is 26.6 Å². The van der Waals surface area contributed by atoms with E-state index >= 15 is 0 Å². The molecular formula is C14H17N5S. The number of hydrogen-bond donors (Lipinski definition) is 2. The number of nitrogens with zero attached hydrogens (tertiary/aromatic N) is 3. The lowest BCUT2D eigenvalue weighted by molar-refractivity contribution is 0.578. The van der Waals surface area contributed by atoms with Crippen molar-refractivity contribution >= 4 is 11.3 Å². The average molecular weight is 287 g/mol. The van der Waals surface area contributed by atoms with E-state index in [1.807, 2.05) is 23.0 Å². The Kier molecular flexibility index (Phi) is 3.94. The number of aryl methyl sites for hydroxylation is 1. The predicted molar refractivity (Wildman–Crippen MR) is 80.3 cm³/mol. The van der Waals surface area contributed by atoms with Gasteiger partial charge >= 0.3 is 0 Å². The van der Waals surface area contributed by atoms with Gasteiger partial charge in [-0.1, -0.05) is 6.07 Å². The highest BCUT2D eigenvalue weighted by atomic mass is 32.1. The van der Waals surface area contributed by atoms with Gasteiger partial charge in [-0.2, -0.15) is 10.2 Å². The summed E-state index contributed by atoms with van der Waals surface area (Å²) in [4.78, 5) is 1.19. The summed E-state index contributed by atoms with van der Waals surface area (Å²) in [6.07, 6.45) is 1.84. The summed E-state index contributed by atoms with van der Waals surface area (Å²) in [5.74, 6) is 0. The van der Waals surface area contributed by atoms with Crippen LogP contribution in [0.15, 0.2) is 35.8 Å². The fourth-order valence-electron chi connectivity index (χ4n) is 2.12. The number of nitrogens with one attached hydrogen (secondary N) is 2. The lowest BCUT2D eigenvalue weighted by Crippen LogP contribution is -2.16. The van der Waals surface area contributed by atoms with Gasteiger partial charge in [-0.3, -0.25) is 9.78 Å². The minimum atomic E-state index is 0.771. The third-order valence-corrected chi connectivity index (χ3v) is 4.02. The first-order chi connectivity index (χ1) is 9.86. The molecule has 0 aromatic carbocycles. The van der Waals surface area contributed by atoms with Gasteiger partial charge in [0.15, 0.2) is 0 Å². The van der Waals surface area contributed by atoms with E-state index in [-0.39, 0.29) is 0 Å². The molecule has 3 heterocycles. The van der Waals surface area contributed by atoms with Crippen molar-refractivity contribution in [2.24, 2.45) is 0 Å². The van der Waals surface area contributed by atoms with Crippen LogP contribution in [0.25, 0.3) is 10.6 Å². The second-order valence-electron chi connectivity index (χ2n) is 4.50. The maximum Gasteiger partial charge on any atom is 0.102 e. The van der Waals surface area contributed by atoms with Crippen LogP contribution in [0.5, 0.6) is 0 Å². The monoisotopic (exact) mass is 287 g/mol. The molecule has 0 unspecified atom stereocenters. The molecule has 2 N–H and O–H groups in total. The van der Waals surface area contributed by atoms with Gasteiger partial charge in [0, 0.05) is 31.5 Å². The SMILES string of the molecule is CCn1nccc1CNCc1cc(-c2cccs2)n[nH]1. The highest BCUT2D eigenvalue weighted by Gasteiger charge is 2.05. The Labute approximate surface area is 121 Å². The number of aromatic amines is 1. The maximum absolute atomic E-state index is 4.34. The van der Waals surface area contributed by atoms with Crippen LogP contribution in [0.1, 0.15) is 18.3 Å². The predicted octanol–water partition coefficient (Wildman–Crippen LogP) is 2.64. The van der Waals surface area contributed by atoms with Crippen LogP contribution in [-0.2, 0) is 19.6 Å². The molecule has 0 fully saturated rings. The summed E-state index contributed by atoms with van der Waals surface area (Å²) in [6.45, 7) is 4.57. The Morgan fingerprint density at radius 2 is 2.30 bits per heavy atom. The molecule has 0 bridgehead atoms. The zero-order valence-corrected chi connectivity index (χ0v) is 12.2. The van der Waals surface area contributed by atoms with Crippen molar-refractivity contribution in [3.63, 3.8) is 0 Å². The summed E-state index contributed by atoms with van der Waals surface area (Å²) in [6, 6.07) is 8.26. The summed E-state index contributed by atoms with van der Waals surface area (Å²) >= 11 is 1.70. The van der Waals surface area contributed by atoms with E-state index in [4.69, 9.17) is 0 Å². The largest absolute Gasteiger partial charge is 0.306 e. The van der Waals surface area contributed by atoms with Gasteiger partial charge in [-0.25, -0.2) is 0 Å². The Morgan fingerprint density at radius 3 is 3.10 bits per heavy atom. The van der Waals surface area contributed by atoms with Crippen molar-refractivity contribution in [3.8, 4) is 10.6 Å². The quantitative estimate of drug-likeness (QED) is 0.733. The number of rotatable bonds is 6. The van der Waals surface area contributed by atoms with Crippen molar-refractivity contribution in [2.75, 3.05) is 0 Å². The molecule has 3 aromatic rings. The van der Waals surface area contributed by atoms with Gasteiger partial charge < -0.3 is 5.32 Å². The first-order valence-corrected chi connectivity index (χ1v) is 7.54. The number of hydrogen-bond acceptors (Lipinski definition) is 4. The number of thiophene rings is 1. The van der Waals surface area contributed by atoms with E-state index < -0.39 is 0 Å². The van der Waals surface area contributed by atoms with E-state index in [0.717, 1.165) is 31.0 Å². The topological polar surface area (TPSA) is 58.5 Å². The van der Waals surface area contributed by atoms with Crippen molar-refractivity contribution in [1.29, 1.82) is 0 Å². The van der Waals surface area contributed by atoms with Crippen molar-refractivity contribution < 1.29 is 0 Å². The molecule has 0 radical (unpaired) electrons. The Hall–Kier alpha value is -1.92. The standard InChI is InChI=1S/C14H17N5S/c1-2-19-12(5-6-16-19)10-15-9-11-8-13(18-17-11)14-4-3-7-20-14/h3-8,15H,2,9-10H2,1H3,(H,17,18). The normalized spacial score (nSPS) is 11.1. The van der Waals surface area contributed by atoms with E-state index in [9.17, 15) is 0 Å². The molecule has 20 heavy (non-hydrogen) atoms. The van der Waals surface area contributed by atoms with E-state index in [1.54, 1.807) is 11.3 Å². The summed E-state index contributed by atoms with van der Waals surface area (Å²) in [5.41, 5.74) is 3.30. The van der Waals surface area contributed by atoms with Gasteiger partial charge in [0.1, 0.15) is 5.69 Å². The average Bonchev–Trinajstić information content (AvgIpc) is 3.20. The minimum absolute atomic E-state index is 0.771. The molecule has 0 saturated heterocycles. The van der Waals surface area contributed by atoms with Gasteiger partial charge in [-0.05, 0) is 30.5 Å². The smallest absolute Gasteiger partial charge is 0.102 e. The molecule has 0 aliphatic carbocycles. The van der Waals surface area contributed by atoms with Crippen LogP contribution in [0, 0.1) is 0 Å². The maximum atomic E-state index is 4.34. The molecule has 6 heteroatoms. The van der Waals surface area contributed by atoms with Gasteiger partial charge in [0.2, 0.25) is 0 Å². The highest BCUT2D eigenvalue weighted by molar-refractivity contribution is 7.13. The zero-order chi connectivity index (χ0) is 13.8.